The topological polar surface area (TPSA) is 32.3 Å². The van der Waals surface area contributed by atoms with Crippen molar-refractivity contribution in [3.05, 3.63) is 64.7 Å². The second kappa shape index (κ2) is 7.29. The minimum absolute atomic E-state index is 0.158. The van der Waals surface area contributed by atoms with Gasteiger partial charge in [-0.3, -0.25) is 0 Å². The van der Waals surface area contributed by atoms with Crippen LogP contribution in [0.4, 0.5) is 19.3 Å². The monoisotopic (exact) mass is 370 g/mol. The maximum atomic E-state index is 13.9. The molecule has 0 bridgehead atoms. The third-order valence-corrected chi connectivity index (χ3v) is 5.90. The van der Waals surface area contributed by atoms with E-state index in [9.17, 15) is 13.6 Å². The van der Waals surface area contributed by atoms with Gasteiger partial charge in [0.25, 0.3) is 0 Å². The van der Waals surface area contributed by atoms with Crippen LogP contribution in [0.25, 0.3) is 0 Å². The maximum Gasteiger partial charge on any atom is 0.322 e. The van der Waals surface area contributed by atoms with Crippen LogP contribution in [0.1, 0.15) is 55.2 Å². The molecule has 0 saturated heterocycles. The van der Waals surface area contributed by atoms with Crippen molar-refractivity contribution < 1.29 is 13.6 Å². The molecule has 2 aliphatic rings. The van der Waals surface area contributed by atoms with Crippen LogP contribution in [-0.4, -0.2) is 10.9 Å². The number of urea groups is 1. The number of carbonyl (C=O) groups excluding carboxylic acids is 1. The fourth-order valence-electron chi connectivity index (χ4n) is 4.21. The molecule has 0 aromatic heterocycles. The zero-order valence-electron chi connectivity index (χ0n) is 15.5. The van der Waals surface area contributed by atoms with Gasteiger partial charge < -0.3 is 10.2 Å². The average Bonchev–Trinajstić information content (AvgIpc) is 3.08. The molecule has 4 rings (SSSR count). The number of hydrogen-bond acceptors (Lipinski definition) is 1. The van der Waals surface area contributed by atoms with Crippen molar-refractivity contribution in [3.63, 3.8) is 0 Å². The van der Waals surface area contributed by atoms with Crippen LogP contribution in [0.5, 0.6) is 0 Å². The van der Waals surface area contributed by atoms with Gasteiger partial charge in [0.05, 0.1) is 6.54 Å². The summed E-state index contributed by atoms with van der Waals surface area (Å²) in [7, 11) is 0. The quantitative estimate of drug-likeness (QED) is 0.711. The van der Waals surface area contributed by atoms with Crippen LogP contribution in [0.2, 0.25) is 0 Å². The summed E-state index contributed by atoms with van der Waals surface area (Å²) in [6.45, 7) is 2.69. The zero-order chi connectivity index (χ0) is 19.0. The molecule has 0 unspecified atom stereocenters. The molecule has 5 heteroatoms. The first kappa shape index (κ1) is 18.0. The van der Waals surface area contributed by atoms with Crippen molar-refractivity contribution >= 4 is 11.7 Å². The number of anilines is 1. The number of nitrogens with zero attached hydrogens (tertiary/aromatic N) is 1. The largest absolute Gasteiger partial charge is 0.322 e. The Kier molecular flexibility index (Phi) is 4.85. The highest BCUT2D eigenvalue weighted by atomic mass is 19.1. The van der Waals surface area contributed by atoms with Crippen LogP contribution in [-0.2, 0) is 13.1 Å². The van der Waals surface area contributed by atoms with Crippen molar-refractivity contribution in [3.8, 4) is 0 Å². The van der Waals surface area contributed by atoms with Gasteiger partial charge in [0.15, 0.2) is 0 Å². The molecule has 3 nitrogen and oxygen atoms in total. The van der Waals surface area contributed by atoms with Gasteiger partial charge in [0.1, 0.15) is 11.6 Å². The SMILES string of the molecule is CC1CCC(c2ccc(NC(=O)N3Cc4cc(F)cc(F)c4C3)cc2)CC1. The number of fused-ring (bicyclic) bond motifs is 1. The molecule has 1 aliphatic heterocycles. The minimum Gasteiger partial charge on any atom is -0.316 e. The van der Waals surface area contributed by atoms with Gasteiger partial charge in [-0.15, -0.1) is 0 Å². The molecule has 1 fully saturated rings. The van der Waals surface area contributed by atoms with Crippen molar-refractivity contribution in [2.75, 3.05) is 5.32 Å². The fraction of sp³-hybridized carbons (Fsp3) is 0.409. The third-order valence-electron chi connectivity index (χ3n) is 5.90. The Hall–Kier alpha value is -2.43. The second-order valence-corrected chi connectivity index (χ2v) is 7.89. The molecule has 2 amide bonds. The van der Waals surface area contributed by atoms with E-state index < -0.39 is 11.6 Å². The maximum absolute atomic E-state index is 13.9. The van der Waals surface area contributed by atoms with Crippen LogP contribution in [0, 0.1) is 17.6 Å². The Bertz CT molecular complexity index is 842. The highest BCUT2D eigenvalue weighted by Crippen LogP contribution is 2.36. The highest BCUT2D eigenvalue weighted by Gasteiger charge is 2.27. The van der Waals surface area contributed by atoms with Gasteiger partial charge in [-0.2, -0.15) is 0 Å². The molecule has 27 heavy (non-hydrogen) atoms. The van der Waals surface area contributed by atoms with Gasteiger partial charge in [0, 0.05) is 23.9 Å². The summed E-state index contributed by atoms with van der Waals surface area (Å²) in [5, 5.41) is 2.86. The summed E-state index contributed by atoms with van der Waals surface area (Å²) >= 11 is 0. The fourth-order valence-corrected chi connectivity index (χ4v) is 4.21. The van der Waals surface area contributed by atoms with Crippen molar-refractivity contribution in [1.29, 1.82) is 0 Å². The Labute approximate surface area is 158 Å². The molecular weight excluding hydrogens is 346 g/mol. The van der Waals surface area contributed by atoms with Gasteiger partial charge in [-0.05, 0) is 54.0 Å². The van der Waals surface area contributed by atoms with E-state index in [1.165, 1.54) is 42.2 Å². The van der Waals surface area contributed by atoms with E-state index >= 15 is 0 Å². The lowest BCUT2D eigenvalue weighted by Crippen LogP contribution is -2.30. The zero-order valence-corrected chi connectivity index (χ0v) is 15.5. The first-order chi connectivity index (χ1) is 13.0. The summed E-state index contributed by atoms with van der Waals surface area (Å²) in [5.41, 5.74) is 2.97. The molecular formula is C22H24F2N2O. The summed E-state index contributed by atoms with van der Waals surface area (Å²) in [6.07, 6.45) is 4.99. The number of nitrogens with one attached hydrogen (secondary N) is 1. The lowest BCUT2D eigenvalue weighted by molar-refractivity contribution is 0.212. The van der Waals surface area contributed by atoms with E-state index in [-0.39, 0.29) is 19.1 Å². The van der Waals surface area contributed by atoms with Crippen LogP contribution in [0.15, 0.2) is 36.4 Å². The van der Waals surface area contributed by atoms with E-state index in [0.29, 0.717) is 17.0 Å². The van der Waals surface area contributed by atoms with Gasteiger partial charge in [0.2, 0.25) is 0 Å². The number of rotatable bonds is 2. The molecule has 1 N–H and O–H groups in total. The number of hydrogen-bond donors (Lipinski definition) is 1. The molecule has 2 aromatic carbocycles. The van der Waals surface area contributed by atoms with Gasteiger partial charge >= 0.3 is 6.03 Å². The Morgan fingerprint density at radius 1 is 1.04 bits per heavy atom. The second-order valence-electron chi connectivity index (χ2n) is 7.89. The number of carbonyl (C=O) groups is 1. The van der Waals surface area contributed by atoms with Crippen LogP contribution >= 0.6 is 0 Å². The summed E-state index contributed by atoms with van der Waals surface area (Å²) in [6, 6.07) is 9.89. The standard InChI is InChI=1S/C22H24F2N2O/c1-14-2-4-15(5-3-14)16-6-8-19(9-7-16)25-22(27)26-12-17-10-18(23)11-21(24)20(17)13-26/h6-11,14-15H,2-5,12-13H2,1H3,(H,25,27). The Balaban J connectivity index is 1.38. The molecule has 1 heterocycles. The van der Waals surface area contributed by atoms with Crippen molar-refractivity contribution in [1.82, 2.24) is 4.90 Å². The summed E-state index contributed by atoms with van der Waals surface area (Å²) < 4.78 is 27.2. The molecule has 0 spiro atoms. The number of amides is 2. The average molecular weight is 370 g/mol. The first-order valence-corrected chi connectivity index (χ1v) is 9.62. The van der Waals surface area contributed by atoms with Crippen LogP contribution < -0.4 is 5.32 Å². The van der Waals surface area contributed by atoms with E-state index in [2.05, 4.69) is 24.4 Å². The van der Waals surface area contributed by atoms with Crippen molar-refractivity contribution in [2.45, 2.75) is 51.6 Å². The van der Waals surface area contributed by atoms with E-state index in [1.807, 2.05) is 12.1 Å². The highest BCUT2D eigenvalue weighted by molar-refractivity contribution is 5.89. The van der Waals surface area contributed by atoms with E-state index in [4.69, 9.17) is 0 Å². The Morgan fingerprint density at radius 3 is 2.44 bits per heavy atom. The first-order valence-electron chi connectivity index (χ1n) is 9.62. The lowest BCUT2D eigenvalue weighted by atomic mass is 9.79. The predicted molar refractivity (Wildman–Crippen MR) is 101 cm³/mol. The molecule has 142 valence electrons. The molecule has 0 atom stereocenters. The lowest BCUT2D eigenvalue weighted by Gasteiger charge is -2.26. The molecule has 1 aliphatic carbocycles. The van der Waals surface area contributed by atoms with E-state index in [1.54, 1.807) is 0 Å². The Morgan fingerprint density at radius 2 is 1.74 bits per heavy atom. The number of benzene rings is 2. The van der Waals surface area contributed by atoms with Gasteiger partial charge in [-0.25, -0.2) is 13.6 Å². The smallest absolute Gasteiger partial charge is 0.316 e. The minimum atomic E-state index is -0.610. The number of halogens is 2. The third kappa shape index (κ3) is 3.82. The molecule has 1 saturated carbocycles. The van der Waals surface area contributed by atoms with Crippen molar-refractivity contribution in [2.24, 2.45) is 5.92 Å². The normalized spacial score (nSPS) is 21.8. The summed E-state index contributed by atoms with van der Waals surface area (Å²) in [4.78, 5) is 14.0. The van der Waals surface area contributed by atoms with Gasteiger partial charge in [-0.1, -0.05) is 31.9 Å². The summed E-state index contributed by atoms with van der Waals surface area (Å²) in [5.74, 6) is 0.229. The molecule has 2 aromatic rings. The predicted octanol–water partition coefficient (Wildman–Crippen LogP) is 5.81. The van der Waals surface area contributed by atoms with E-state index in [0.717, 1.165) is 17.7 Å². The van der Waals surface area contributed by atoms with Crippen LogP contribution in [0.3, 0.4) is 0 Å². The molecule has 0 radical (unpaired) electrons.